The molecule has 1 atom stereocenters. The first-order valence-corrected chi connectivity index (χ1v) is 6.38. The highest BCUT2D eigenvalue weighted by atomic mass is 16.5. The van der Waals surface area contributed by atoms with Gasteiger partial charge in [0.15, 0.2) is 0 Å². The lowest BCUT2D eigenvalue weighted by atomic mass is 10.00. The standard InChI is InChI=1S/C14H26O2/c1-5-6-7-8-9-10-12(2)11-13(3)14(15)16-4/h11-12H,5-10H2,1-4H3/b13-11+. The van der Waals surface area contributed by atoms with Crippen molar-refractivity contribution in [3.8, 4) is 0 Å². The lowest BCUT2D eigenvalue weighted by Crippen LogP contribution is -2.03. The summed E-state index contributed by atoms with van der Waals surface area (Å²) >= 11 is 0. The quantitative estimate of drug-likeness (QED) is 0.354. The Hall–Kier alpha value is -0.790. The molecule has 0 saturated heterocycles. The van der Waals surface area contributed by atoms with Gasteiger partial charge in [-0.3, -0.25) is 0 Å². The molecule has 0 bridgehead atoms. The molecule has 0 aromatic heterocycles. The van der Waals surface area contributed by atoms with Crippen molar-refractivity contribution in [3.63, 3.8) is 0 Å². The summed E-state index contributed by atoms with van der Waals surface area (Å²) in [5.74, 6) is 0.263. The number of methoxy groups -OCH3 is 1. The molecule has 0 saturated carbocycles. The number of hydrogen-bond donors (Lipinski definition) is 0. The molecule has 0 heterocycles. The van der Waals surface area contributed by atoms with Gasteiger partial charge in [-0.1, -0.05) is 52.0 Å². The molecule has 0 fully saturated rings. The third kappa shape index (κ3) is 7.49. The zero-order valence-corrected chi connectivity index (χ0v) is 11.2. The number of allylic oxidation sites excluding steroid dienone is 1. The molecular formula is C14H26O2. The topological polar surface area (TPSA) is 26.3 Å². The molecule has 0 spiro atoms. The third-order valence-corrected chi connectivity index (χ3v) is 2.80. The number of hydrogen-bond acceptors (Lipinski definition) is 2. The molecule has 0 amide bonds. The molecule has 2 heteroatoms. The average molecular weight is 226 g/mol. The van der Waals surface area contributed by atoms with Gasteiger partial charge in [-0.25, -0.2) is 4.79 Å². The van der Waals surface area contributed by atoms with E-state index in [0.29, 0.717) is 5.92 Å². The zero-order valence-electron chi connectivity index (χ0n) is 11.2. The summed E-state index contributed by atoms with van der Waals surface area (Å²) in [6.45, 7) is 6.21. The molecular weight excluding hydrogens is 200 g/mol. The Kier molecular flexibility index (Phi) is 8.97. The lowest BCUT2D eigenvalue weighted by molar-refractivity contribution is -0.136. The Morgan fingerprint density at radius 3 is 2.44 bits per heavy atom. The Bertz CT molecular complexity index is 219. The van der Waals surface area contributed by atoms with E-state index >= 15 is 0 Å². The molecule has 0 rings (SSSR count). The predicted octanol–water partition coefficient (Wildman–Crippen LogP) is 4.10. The van der Waals surface area contributed by atoms with E-state index in [2.05, 4.69) is 18.6 Å². The molecule has 2 nitrogen and oxygen atoms in total. The third-order valence-electron chi connectivity index (χ3n) is 2.80. The summed E-state index contributed by atoms with van der Waals surface area (Å²) in [6, 6.07) is 0. The van der Waals surface area contributed by atoms with Crippen molar-refractivity contribution in [1.29, 1.82) is 0 Å². The second-order valence-corrected chi connectivity index (χ2v) is 4.52. The van der Waals surface area contributed by atoms with Gasteiger partial charge in [0.05, 0.1) is 7.11 Å². The van der Waals surface area contributed by atoms with Crippen molar-refractivity contribution >= 4 is 5.97 Å². The fourth-order valence-corrected chi connectivity index (χ4v) is 1.81. The van der Waals surface area contributed by atoms with Gasteiger partial charge in [0.2, 0.25) is 0 Å². The minimum atomic E-state index is -0.210. The van der Waals surface area contributed by atoms with E-state index in [1.165, 1.54) is 39.2 Å². The van der Waals surface area contributed by atoms with Gasteiger partial charge in [-0.2, -0.15) is 0 Å². The van der Waals surface area contributed by atoms with E-state index in [9.17, 15) is 4.79 Å². The molecule has 0 N–H and O–H groups in total. The van der Waals surface area contributed by atoms with Crippen molar-refractivity contribution in [2.75, 3.05) is 7.11 Å². The molecule has 94 valence electrons. The zero-order chi connectivity index (χ0) is 12.4. The minimum absolute atomic E-state index is 0.210. The van der Waals surface area contributed by atoms with E-state index in [1.807, 2.05) is 13.0 Å². The van der Waals surface area contributed by atoms with Gasteiger partial charge in [0.1, 0.15) is 0 Å². The lowest BCUT2D eigenvalue weighted by Gasteiger charge is -2.07. The molecule has 0 aliphatic heterocycles. The van der Waals surface area contributed by atoms with Crippen molar-refractivity contribution in [2.24, 2.45) is 5.92 Å². The van der Waals surface area contributed by atoms with E-state index in [0.717, 1.165) is 12.0 Å². The number of ether oxygens (including phenoxy) is 1. The van der Waals surface area contributed by atoms with Gasteiger partial charge in [-0.05, 0) is 19.3 Å². The molecule has 0 radical (unpaired) electrons. The van der Waals surface area contributed by atoms with Crippen LogP contribution in [-0.4, -0.2) is 13.1 Å². The summed E-state index contributed by atoms with van der Waals surface area (Å²) in [5, 5.41) is 0. The van der Waals surface area contributed by atoms with Gasteiger partial charge < -0.3 is 4.74 Å². The maximum absolute atomic E-state index is 11.2. The Labute approximate surface area is 100 Å². The average Bonchev–Trinajstić information content (AvgIpc) is 2.27. The van der Waals surface area contributed by atoms with Crippen LogP contribution in [0.25, 0.3) is 0 Å². The molecule has 16 heavy (non-hydrogen) atoms. The summed E-state index contributed by atoms with van der Waals surface area (Å²) in [7, 11) is 1.43. The summed E-state index contributed by atoms with van der Waals surface area (Å²) in [4.78, 5) is 11.2. The first-order valence-electron chi connectivity index (χ1n) is 6.38. The van der Waals surface area contributed by atoms with Crippen molar-refractivity contribution in [2.45, 2.75) is 59.3 Å². The largest absolute Gasteiger partial charge is 0.466 e. The Morgan fingerprint density at radius 2 is 1.88 bits per heavy atom. The van der Waals surface area contributed by atoms with Crippen LogP contribution < -0.4 is 0 Å². The highest BCUT2D eigenvalue weighted by Crippen LogP contribution is 2.14. The number of unbranched alkanes of at least 4 members (excludes halogenated alkanes) is 4. The van der Waals surface area contributed by atoms with E-state index < -0.39 is 0 Å². The number of carbonyl (C=O) groups excluding carboxylic acids is 1. The van der Waals surface area contributed by atoms with Crippen LogP contribution in [0.15, 0.2) is 11.6 Å². The molecule has 0 aromatic carbocycles. The predicted molar refractivity (Wildman–Crippen MR) is 68.3 cm³/mol. The SMILES string of the molecule is CCCCCCCC(C)/C=C(\C)C(=O)OC. The van der Waals surface area contributed by atoms with Crippen molar-refractivity contribution in [1.82, 2.24) is 0 Å². The van der Waals surface area contributed by atoms with Gasteiger partial charge in [-0.15, -0.1) is 0 Å². The van der Waals surface area contributed by atoms with Crippen LogP contribution in [0.5, 0.6) is 0 Å². The Morgan fingerprint density at radius 1 is 1.25 bits per heavy atom. The highest BCUT2D eigenvalue weighted by Gasteiger charge is 2.05. The van der Waals surface area contributed by atoms with Gasteiger partial charge in [0, 0.05) is 5.57 Å². The first-order chi connectivity index (χ1) is 7.61. The van der Waals surface area contributed by atoms with E-state index in [-0.39, 0.29) is 5.97 Å². The number of esters is 1. The smallest absolute Gasteiger partial charge is 0.333 e. The van der Waals surface area contributed by atoms with Crippen LogP contribution in [0.4, 0.5) is 0 Å². The van der Waals surface area contributed by atoms with Crippen LogP contribution in [0, 0.1) is 5.92 Å². The van der Waals surface area contributed by atoms with Crippen LogP contribution in [-0.2, 0) is 9.53 Å². The molecule has 1 unspecified atom stereocenters. The molecule has 0 aromatic rings. The summed E-state index contributed by atoms with van der Waals surface area (Å²) in [6.07, 6.45) is 9.71. The first kappa shape index (κ1) is 15.2. The number of carbonyl (C=O) groups is 1. The second-order valence-electron chi connectivity index (χ2n) is 4.52. The molecule has 0 aliphatic rings. The van der Waals surface area contributed by atoms with Gasteiger partial charge >= 0.3 is 5.97 Å². The fourth-order valence-electron chi connectivity index (χ4n) is 1.81. The van der Waals surface area contributed by atoms with E-state index in [4.69, 9.17) is 0 Å². The maximum atomic E-state index is 11.2. The monoisotopic (exact) mass is 226 g/mol. The van der Waals surface area contributed by atoms with Gasteiger partial charge in [0.25, 0.3) is 0 Å². The number of rotatable bonds is 8. The Balaban J connectivity index is 3.72. The summed E-state index contributed by atoms with van der Waals surface area (Å²) in [5.41, 5.74) is 0.726. The highest BCUT2D eigenvalue weighted by molar-refractivity contribution is 5.87. The van der Waals surface area contributed by atoms with Crippen molar-refractivity contribution in [3.05, 3.63) is 11.6 Å². The van der Waals surface area contributed by atoms with Crippen molar-refractivity contribution < 1.29 is 9.53 Å². The van der Waals surface area contributed by atoms with Crippen LogP contribution in [0.1, 0.15) is 59.3 Å². The van der Waals surface area contributed by atoms with E-state index in [1.54, 1.807) is 0 Å². The molecule has 0 aliphatic carbocycles. The normalized spacial score (nSPS) is 13.6. The second kappa shape index (κ2) is 9.44. The summed E-state index contributed by atoms with van der Waals surface area (Å²) < 4.78 is 4.66. The minimum Gasteiger partial charge on any atom is -0.466 e. The van der Waals surface area contributed by atoms with Crippen LogP contribution >= 0.6 is 0 Å². The fraction of sp³-hybridized carbons (Fsp3) is 0.786. The van der Waals surface area contributed by atoms with Crippen LogP contribution in [0.3, 0.4) is 0 Å². The van der Waals surface area contributed by atoms with Crippen LogP contribution in [0.2, 0.25) is 0 Å². The maximum Gasteiger partial charge on any atom is 0.333 e.